The van der Waals surface area contributed by atoms with Crippen molar-refractivity contribution in [1.29, 1.82) is 0 Å². The van der Waals surface area contributed by atoms with E-state index in [4.69, 9.17) is 15.6 Å². The first-order chi connectivity index (χ1) is 6.30. The van der Waals surface area contributed by atoms with Crippen LogP contribution in [0.1, 0.15) is 38.5 Å². The first-order valence-corrected chi connectivity index (χ1v) is 6.31. The minimum absolute atomic E-state index is 0.413. The van der Waals surface area contributed by atoms with Crippen molar-refractivity contribution in [2.45, 2.75) is 43.3 Å². The Hall–Kier alpha value is 0.600. The van der Waals surface area contributed by atoms with E-state index in [1.165, 1.54) is 38.5 Å². The summed E-state index contributed by atoms with van der Waals surface area (Å²) in [6.45, 7) is 0. The van der Waals surface area contributed by atoms with Gasteiger partial charge in [-0.1, -0.05) is 0 Å². The molecule has 0 aromatic heterocycles. The molecule has 4 fully saturated rings. The van der Waals surface area contributed by atoms with Crippen LogP contribution in [0.4, 0.5) is 0 Å². The second kappa shape index (κ2) is 3.04. The van der Waals surface area contributed by atoms with Gasteiger partial charge in [0.05, 0.1) is 11.9 Å². The Bertz CT molecular complexity index is 184. The summed E-state index contributed by atoms with van der Waals surface area (Å²) < 4.78 is 5.23. The minimum Gasteiger partial charge on any atom is -0.207 e. The van der Waals surface area contributed by atoms with Gasteiger partial charge in [-0.25, -0.2) is 3.74 Å². The van der Waals surface area contributed by atoms with Crippen molar-refractivity contribution >= 4 is 23.9 Å². The lowest BCUT2D eigenvalue weighted by atomic mass is 9.56. The molecule has 0 N–H and O–H groups in total. The molecule has 0 heterocycles. The summed E-state index contributed by atoms with van der Waals surface area (Å²) in [6, 6.07) is 0. The SMILES string of the molecule is ClOSC12CC3CC(CC(C3)C1)C2. The van der Waals surface area contributed by atoms with Gasteiger partial charge in [-0.3, -0.25) is 0 Å². The van der Waals surface area contributed by atoms with E-state index >= 15 is 0 Å². The van der Waals surface area contributed by atoms with Crippen LogP contribution in [0, 0.1) is 17.8 Å². The second-order valence-electron chi connectivity index (χ2n) is 5.25. The lowest BCUT2D eigenvalue weighted by molar-refractivity contribution is 0.0367. The molecule has 0 spiro atoms. The number of hydrogen-bond acceptors (Lipinski definition) is 2. The van der Waals surface area contributed by atoms with Crippen LogP contribution in [0.25, 0.3) is 0 Å². The third-order valence-corrected chi connectivity index (χ3v) is 5.30. The molecule has 4 aliphatic rings. The van der Waals surface area contributed by atoms with E-state index in [-0.39, 0.29) is 0 Å². The Morgan fingerprint density at radius 1 is 1.00 bits per heavy atom. The predicted molar refractivity (Wildman–Crippen MR) is 55.4 cm³/mol. The van der Waals surface area contributed by atoms with E-state index in [1.807, 2.05) is 0 Å². The highest BCUT2D eigenvalue weighted by atomic mass is 35.5. The molecule has 3 heteroatoms. The highest BCUT2D eigenvalue weighted by molar-refractivity contribution is 7.96. The zero-order chi connectivity index (χ0) is 8.89. The fourth-order valence-electron chi connectivity index (χ4n) is 4.20. The topological polar surface area (TPSA) is 9.23 Å². The highest BCUT2D eigenvalue weighted by Gasteiger charge is 2.51. The Balaban J connectivity index is 1.83. The van der Waals surface area contributed by atoms with Gasteiger partial charge in [0.15, 0.2) is 0 Å². The number of rotatable bonds is 2. The monoisotopic (exact) mass is 218 g/mol. The standard InChI is InChI=1S/C10H15ClOS/c11-12-13-10-4-7-1-8(5-10)3-9(2-7)6-10/h7-9H,1-6H2. The van der Waals surface area contributed by atoms with Gasteiger partial charge in [0.1, 0.15) is 0 Å². The van der Waals surface area contributed by atoms with Crippen LogP contribution >= 0.6 is 23.9 Å². The largest absolute Gasteiger partial charge is 0.207 e. The molecule has 4 saturated carbocycles. The molecule has 0 aromatic rings. The lowest BCUT2D eigenvalue weighted by Crippen LogP contribution is -2.48. The maximum atomic E-state index is 5.40. The Labute approximate surface area is 88.9 Å². The zero-order valence-corrected chi connectivity index (χ0v) is 9.24. The molecular formula is C10H15ClOS. The Morgan fingerprint density at radius 3 is 1.85 bits per heavy atom. The zero-order valence-electron chi connectivity index (χ0n) is 7.67. The van der Waals surface area contributed by atoms with Crippen molar-refractivity contribution in [3.63, 3.8) is 0 Å². The molecule has 0 aromatic carbocycles. The van der Waals surface area contributed by atoms with Crippen molar-refractivity contribution in [3.8, 4) is 0 Å². The quantitative estimate of drug-likeness (QED) is 0.653. The van der Waals surface area contributed by atoms with Crippen molar-refractivity contribution in [3.05, 3.63) is 0 Å². The molecular weight excluding hydrogens is 204 g/mol. The first kappa shape index (κ1) is 8.87. The molecule has 13 heavy (non-hydrogen) atoms. The molecule has 4 rings (SSSR count). The van der Waals surface area contributed by atoms with E-state index in [1.54, 1.807) is 12.0 Å². The summed E-state index contributed by atoms with van der Waals surface area (Å²) >= 11 is 6.95. The Morgan fingerprint density at radius 2 is 1.46 bits per heavy atom. The summed E-state index contributed by atoms with van der Waals surface area (Å²) in [6.07, 6.45) is 8.54. The van der Waals surface area contributed by atoms with Gasteiger partial charge in [0.2, 0.25) is 0 Å². The van der Waals surface area contributed by atoms with Crippen LogP contribution in [0.5, 0.6) is 0 Å². The molecule has 0 amide bonds. The van der Waals surface area contributed by atoms with Crippen LogP contribution in [0.2, 0.25) is 0 Å². The predicted octanol–water partition coefficient (Wildman–Crippen LogP) is 3.77. The molecule has 0 saturated heterocycles. The van der Waals surface area contributed by atoms with Crippen LogP contribution in [0.15, 0.2) is 0 Å². The van der Waals surface area contributed by atoms with Gasteiger partial charge >= 0.3 is 0 Å². The number of hydrogen-bond donors (Lipinski definition) is 0. The Kier molecular flexibility index (Phi) is 2.08. The van der Waals surface area contributed by atoms with E-state index in [9.17, 15) is 0 Å². The van der Waals surface area contributed by atoms with Crippen LogP contribution in [-0.2, 0) is 3.74 Å². The first-order valence-electron chi connectivity index (χ1n) is 5.26. The maximum Gasteiger partial charge on any atom is 0.0753 e. The molecule has 1 nitrogen and oxygen atoms in total. The van der Waals surface area contributed by atoms with Crippen LogP contribution in [0.3, 0.4) is 0 Å². The molecule has 4 bridgehead atoms. The molecule has 4 aliphatic carbocycles. The summed E-state index contributed by atoms with van der Waals surface area (Å²) in [4.78, 5) is 0. The molecule has 0 unspecified atom stereocenters. The van der Waals surface area contributed by atoms with Gasteiger partial charge in [-0.15, -0.1) is 0 Å². The summed E-state index contributed by atoms with van der Waals surface area (Å²) in [7, 11) is 0. The van der Waals surface area contributed by atoms with Gasteiger partial charge < -0.3 is 0 Å². The van der Waals surface area contributed by atoms with Gasteiger partial charge in [0, 0.05) is 16.8 Å². The van der Waals surface area contributed by atoms with Crippen molar-refractivity contribution in [1.82, 2.24) is 0 Å². The minimum atomic E-state index is 0.413. The maximum absolute atomic E-state index is 5.40. The molecule has 74 valence electrons. The fourth-order valence-corrected chi connectivity index (χ4v) is 5.65. The molecule has 0 radical (unpaired) electrons. The van der Waals surface area contributed by atoms with E-state index < -0.39 is 0 Å². The smallest absolute Gasteiger partial charge is 0.0753 e. The van der Waals surface area contributed by atoms with Crippen molar-refractivity contribution < 1.29 is 3.74 Å². The average molecular weight is 219 g/mol. The van der Waals surface area contributed by atoms with E-state index in [0.29, 0.717) is 4.75 Å². The van der Waals surface area contributed by atoms with Crippen molar-refractivity contribution in [2.24, 2.45) is 17.8 Å². The highest BCUT2D eigenvalue weighted by Crippen LogP contribution is 2.60. The molecule has 0 atom stereocenters. The van der Waals surface area contributed by atoms with Gasteiger partial charge in [-0.05, 0) is 56.3 Å². The average Bonchev–Trinajstić information content (AvgIpc) is 2.00. The summed E-state index contributed by atoms with van der Waals surface area (Å²) in [5.41, 5.74) is 0. The third-order valence-electron chi connectivity index (χ3n) is 4.19. The van der Waals surface area contributed by atoms with Gasteiger partial charge in [0.25, 0.3) is 0 Å². The normalized spacial score (nSPS) is 52.8. The van der Waals surface area contributed by atoms with E-state index in [2.05, 4.69) is 0 Å². The number of halogens is 1. The third kappa shape index (κ3) is 1.42. The lowest BCUT2D eigenvalue weighted by Gasteiger charge is -2.55. The van der Waals surface area contributed by atoms with Crippen LogP contribution < -0.4 is 0 Å². The van der Waals surface area contributed by atoms with E-state index in [0.717, 1.165) is 17.8 Å². The summed E-state index contributed by atoms with van der Waals surface area (Å²) in [5.74, 6) is 2.97. The molecule has 0 aliphatic heterocycles. The van der Waals surface area contributed by atoms with Crippen molar-refractivity contribution in [2.75, 3.05) is 0 Å². The fraction of sp³-hybridized carbons (Fsp3) is 1.00. The van der Waals surface area contributed by atoms with Crippen LogP contribution in [-0.4, -0.2) is 4.75 Å². The summed E-state index contributed by atoms with van der Waals surface area (Å²) in [5, 5.41) is 0. The second-order valence-corrected chi connectivity index (χ2v) is 6.78. The van der Waals surface area contributed by atoms with Gasteiger partial charge in [-0.2, -0.15) is 0 Å².